The maximum atomic E-state index is 11.9. The maximum Gasteiger partial charge on any atom is 0.353 e. The van der Waals surface area contributed by atoms with Crippen LogP contribution < -0.4 is 0 Å². The molecular formula is C9H17Cl2O3P. The zero-order chi connectivity index (χ0) is 11.6. The lowest BCUT2D eigenvalue weighted by atomic mass is 10.5. The van der Waals surface area contributed by atoms with Crippen molar-refractivity contribution in [3.63, 3.8) is 0 Å². The largest absolute Gasteiger partial charge is 0.353 e. The lowest BCUT2D eigenvalue weighted by Crippen LogP contribution is -1.98. The molecule has 0 saturated carbocycles. The van der Waals surface area contributed by atoms with E-state index in [1.807, 2.05) is 0 Å². The minimum absolute atomic E-state index is 0.339. The van der Waals surface area contributed by atoms with Gasteiger partial charge < -0.3 is 9.05 Å². The van der Waals surface area contributed by atoms with E-state index < -0.39 is 7.60 Å². The van der Waals surface area contributed by atoms with Gasteiger partial charge in [0, 0.05) is 17.6 Å². The summed E-state index contributed by atoms with van der Waals surface area (Å²) in [4.78, 5) is 0. The molecule has 0 atom stereocenters. The minimum atomic E-state index is -3.08. The Bertz CT molecular complexity index is 207. The first-order valence-corrected chi connectivity index (χ1v) is 7.51. The molecule has 0 aliphatic rings. The first-order chi connectivity index (χ1) is 7.18. The fourth-order valence-electron chi connectivity index (χ4n) is 0.799. The Morgan fingerprint density at radius 3 is 1.93 bits per heavy atom. The van der Waals surface area contributed by atoms with Gasteiger partial charge in [0.2, 0.25) is 0 Å². The van der Waals surface area contributed by atoms with Gasteiger partial charge in [-0.05, 0) is 19.8 Å². The number of halogens is 2. The van der Waals surface area contributed by atoms with Crippen molar-refractivity contribution < 1.29 is 13.6 Å². The van der Waals surface area contributed by atoms with Gasteiger partial charge in [-0.3, -0.25) is 4.57 Å². The Labute approximate surface area is 101 Å². The van der Waals surface area contributed by atoms with Crippen LogP contribution in [0, 0.1) is 0 Å². The van der Waals surface area contributed by atoms with E-state index in [9.17, 15) is 4.57 Å². The molecule has 0 amide bonds. The highest BCUT2D eigenvalue weighted by molar-refractivity contribution is 7.57. The molecule has 0 aliphatic heterocycles. The van der Waals surface area contributed by atoms with E-state index in [0.717, 1.165) is 0 Å². The minimum Gasteiger partial charge on any atom is -0.306 e. The third kappa shape index (κ3) is 8.29. The quantitative estimate of drug-likeness (QED) is 0.362. The van der Waals surface area contributed by atoms with Gasteiger partial charge in [0.1, 0.15) is 0 Å². The molecule has 0 N–H and O–H groups in total. The number of rotatable bonds is 9. The third-order valence-electron chi connectivity index (χ3n) is 1.43. The normalized spacial score (nSPS) is 12.5. The average molecular weight is 275 g/mol. The van der Waals surface area contributed by atoms with E-state index in [1.54, 1.807) is 13.0 Å². The van der Waals surface area contributed by atoms with Crippen LogP contribution in [0.15, 0.2) is 11.9 Å². The Balaban J connectivity index is 4.01. The fraction of sp³-hybridized carbons (Fsp3) is 0.778. The van der Waals surface area contributed by atoms with Crippen LogP contribution in [0.1, 0.15) is 19.8 Å². The molecule has 0 heterocycles. The second-order valence-electron chi connectivity index (χ2n) is 2.77. The van der Waals surface area contributed by atoms with E-state index in [1.165, 1.54) is 5.82 Å². The molecule has 0 aromatic heterocycles. The van der Waals surface area contributed by atoms with Crippen molar-refractivity contribution in [1.29, 1.82) is 0 Å². The van der Waals surface area contributed by atoms with Gasteiger partial charge >= 0.3 is 7.60 Å². The van der Waals surface area contributed by atoms with Crippen LogP contribution in [-0.4, -0.2) is 25.0 Å². The molecule has 6 heteroatoms. The Hall–Kier alpha value is 0.470. The fourth-order valence-corrected chi connectivity index (χ4v) is 2.40. The Morgan fingerprint density at radius 1 is 1.13 bits per heavy atom. The zero-order valence-electron chi connectivity index (χ0n) is 8.83. The van der Waals surface area contributed by atoms with Crippen molar-refractivity contribution in [1.82, 2.24) is 0 Å². The van der Waals surface area contributed by atoms with Crippen molar-refractivity contribution in [2.75, 3.05) is 25.0 Å². The molecule has 90 valence electrons. The lowest BCUT2D eigenvalue weighted by molar-refractivity contribution is 0.213. The summed E-state index contributed by atoms with van der Waals surface area (Å²) < 4.78 is 22.3. The third-order valence-corrected chi connectivity index (χ3v) is 3.71. The number of allylic oxidation sites excluding steroid dienone is 1. The van der Waals surface area contributed by atoms with E-state index in [-0.39, 0.29) is 0 Å². The number of hydrogen-bond donors (Lipinski definition) is 0. The van der Waals surface area contributed by atoms with Gasteiger partial charge in [0.05, 0.1) is 13.2 Å². The van der Waals surface area contributed by atoms with Gasteiger partial charge in [-0.1, -0.05) is 6.08 Å². The maximum absolute atomic E-state index is 11.9. The topological polar surface area (TPSA) is 35.5 Å². The highest BCUT2D eigenvalue weighted by Crippen LogP contribution is 2.49. The van der Waals surface area contributed by atoms with Crippen LogP contribution in [0.4, 0.5) is 0 Å². The van der Waals surface area contributed by atoms with Crippen LogP contribution in [0.5, 0.6) is 0 Å². The van der Waals surface area contributed by atoms with Crippen molar-refractivity contribution in [2.24, 2.45) is 0 Å². The van der Waals surface area contributed by atoms with Crippen LogP contribution in [0.25, 0.3) is 0 Å². The molecule has 0 spiro atoms. The van der Waals surface area contributed by atoms with Gasteiger partial charge in [0.25, 0.3) is 0 Å². The van der Waals surface area contributed by atoms with Crippen LogP contribution in [0.2, 0.25) is 0 Å². The summed E-state index contributed by atoms with van der Waals surface area (Å²) in [7, 11) is -3.08. The Kier molecular flexibility index (Phi) is 9.98. The molecule has 3 nitrogen and oxygen atoms in total. The SMILES string of the molecule is C/C=C/P(=O)(OCCCCl)OCCCCl. The first-order valence-electron chi connectivity index (χ1n) is 4.83. The van der Waals surface area contributed by atoms with E-state index in [2.05, 4.69) is 0 Å². The van der Waals surface area contributed by atoms with Crippen LogP contribution in [0.3, 0.4) is 0 Å². The summed E-state index contributed by atoms with van der Waals surface area (Å²) in [5.74, 6) is 2.42. The van der Waals surface area contributed by atoms with Crippen molar-refractivity contribution in [2.45, 2.75) is 19.8 Å². The van der Waals surface area contributed by atoms with E-state index in [4.69, 9.17) is 32.2 Å². The predicted octanol–water partition coefficient (Wildman–Crippen LogP) is 4.00. The van der Waals surface area contributed by atoms with Gasteiger partial charge in [-0.25, -0.2) is 0 Å². The highest BCUT2D eigenvalue weighted by atomic mass is 35.5. The van der Waals surface area contributed by atoms with Crippen molar-refractivity contribution in [3.8, 4) is 0 Å². The molecule has 0 rings (SSSR count). The molecule has 15 heavy (non-hydrogen) atoms. The molecular weight excluding hydrogens is 258 g/mol. The van der Waals surface area contributed by atoms with Crippen LogP contribution >= 0.6 is 30.8 Å². The van der Waals surface area contributed by atoms with Gasteiger partial charge in [0.15, 0.2) is 0 Å². The standard InChI is InChI=1S/C9H17Cl2O3P/c1-2-9-15(12,13-7-3-5-10)14-8-4-6-11/h2,9H,3-8H2,1H3/b9-2+. The molecule has 0 fully saturated rings. The molecule has 0 radical (unpaired) electrons. The lowest BCUT2D eigenvalue weighted by Gasteiger charge is -2.14. The first kappa shape index (κ1) is 15.5. The van der Waals surface area contributed by atoms with Gasteiger partial charge in [-0.2, -0.15) is 0 Å². The van der Waals surface area contributed by atoms with E-state index >= 15 is 0 Å². The summed E-state index contributed by atoms with van der Waals surface area (Å²) in [5.41, 5.74) is 0. The molecule has 0 bridgehead atoms. The average Bonchev–Trinajstić information content (AvgIpc) is 2.19. The highest BCUT2D eigenvalue weighted by Gasteiger charge is 2.19. The Morgan fingerprint density at radius 2 is 1.60 bits per heavy atom. The summed E-state index contributed by atoms with van der Waals surface area (Å²) in [5, 5.41) is 0. The molecule has 0 aliphatic carbocycles. The summed E-state index contributed by atoms with van der Waals surface area (Å²) >= 11 is 11.0. The second-order valence-corrected chi connectivity index (χ2v) is 5.42. The van der Waals surface area contributed by atoms with E-state index in [0.29, 0.717) is 37.8 Å². The molecule has 0 aromatic carbocycles. The smallest absolute Gasteiger partial charge is 0.306 e. The summed E-state index contributed by atoms with van der Waals surface area (Å²) in [6.45, 7) is 2.44. The molecule has 0 unspecified atom stereocenters. The summed E-state index contributed by atoms with van der Waals surface area (Å²) in [6.07, 6.45) is 2.96. The predicted molar refractivity (Wildman–Crippen MR) is 65.0 cm³/mol. The van der Waals surface area contributed by atoms with Crippen LogP contribution in [-0.2, 0) is 13.6 Å². The van der Waals surface area contributed by atoms with Crippen molar-refractivity contribution >= 4 is 30.8 Å². The van der Waals surface area contributed by atoms with Gasteiger partial charge in [-0.15, -0.1) is 23.2 Å². The van der Waals surface area contributed by atoms with Crippen molar-refractivity contribution in [3.05, 3.63) is 11.9 Å². The summed E-state index contributed by atoms with van der Waals surface area (Å²) in [6, 6.07) is 0. The molecule has 0 aromatic rings. The number of hydrogen-bond acceptors (Lipinski definition) is 3. The molecule has 0 saturated heterocycles. The second kappa shape index (κ2) is 9.68. The number of alkyl halides is 2. The zero-order valence-corrected chi connectivity index (χ0v) is 11.2. The monoisotopic (exact) mass is 274 g/mol.